The van der Waals surface area contributed by atoms with Crippen LogP contribution in [0.5, 0.6) is 11.5 Å². The van der Waals surface area contributed by atoms with E-state index in [1.165, 1.54) is 5.56 Å². The van der Waals surface area contributed by atoms with Crippen molar-refractivity contribution in [2.75, 3.05) is 26.3 Å². The zero-order chi connectivity index (χ0) is 11.9. The molecular formula is C13H20N2O2. The first kappa shape index (κ1) is 12.2. The average molecular weight is 236 g/mol. The average Bonchev–Trinajstić information content (AvgIpc) is 2.38. The van der Waals surface area contributed by atoms with Crippen LogP contribution < -0.4 is 20.5 Å². The lowest BCUT2D eigenvalue weighted by atomic mass is 10.2. The number of unbranched alkanes of at least 4 members (excludes halogenated alkanes) is 1. The summed E-state index contributed by atoms with van der Waals surface area (Å²) in [5.41, 5.74) is 6.66. The van der Waals surface area contributed by atoms with Crippen LogP contribution in [0, 0.1) is 0 Å². The van der Waals surface area contributed by atoms with Gasteiger partial charge in [0.25, 0.3) is 0 Å². The summed E-state index contributed by atoms with van der Waals surface area (Å²) < 4.78 is 11.0. The van der Waals surface area contributed by atoms with Crippen molar-refractivity contribution in [3.8, 4) is 11.5 Å². The fraction of sp³-hybridized carbons (Fsp3) is 0.538. The van der Waals surface area contributed by atoms with E-state index in [0.717, 1.165) is 44.0 Å². The van der Waals surface area contributed by atoms with E-state index in [9.17, 15) is 0 Å². The van der Waals surface area contributed by atoms with E-state index < -0.39 is 0 Å². The third-order valence-corrected chi connectivity index (χ3v) is 2.74. The van der Waals surface area contributed by atoms with Crippen molar-refractivity contribution in [3.63, 3.8) is 0 Å². The van der Waals surface area contributed by atoms with E-state index in [1.807, 2.05) is 12.1 Å². The smallest absolute Gasteiger partial charge is 0.161 e. The molecule has 0 amide bonds. The molecule has 4 heteroatoms. The molecular weight excluding hydrogens is 216 g/mol. The number of fused-ring (bicyclic) bond motifs is 1. The Morgan fingerprint density at radius 2 is 1.94 bits per heavy atom. The monoisotopic (exact) mass is 236 g/mol. The predicted octanol–water partition coefficient (Wildman–Crippen LogP) is 1.29. The van der Waals surface area contributed by atoms with E-state index in [1.54, 1.807) is 0 Å². The van der Waals surface area contributed by atoms with Gasteiger partial charge in [-0.25, -0.2) is 0 Å². The molecule has 0 radical (unpaired) electrons. The molecule has 0 saturated heterocycles. The number of benzene rings is 1. The molecule has 1 aliphatic heterocycles. The van der Waals surface area contributed by atoms with E-state index in [4.69, 9.17) is 15.2 Å². The van der Waals surface area contributed by atoms with Gasteiger partial charge in [0.2, 0.25) is 0 Å². The molecule has 17 heavy (non-hydrogen) atoms. The number of hydrogen-bond acceptors (Lipinski definition) is 4. The van der Waals surface area contributed by atoms with Crippen LogP contribution in [0.15, 0.2) is 18.2 Å². The summed E-state index contributed by atoms with van der Waals surface area (Å²) in [4.78, 5) is 0. The summed E-state index contributed by atoms with van der Waals surface area (Å²) in [6.45, 7) is 3.92. The standard InChI is InChI=1S/C13H20N2O2/c14-5-1-2-6-15-10-11-3-4-12-13(9-11)17-8-7-16-12/h3-4,9,15H,1-2,5-8,10,14H2. The van der Waals surface area contributed by atoms with Crippen molar-refractivity contribution < 1.29 is 9.47 Å². The third kappa shape index (κ3) is 3.61. The molecule has 0 saturated carbocycles. The molecule has 1 aliphatic rings. The Morgan fingerprint density at radius 3 is 2.76 bits per heavy atom. The lowest BCUT2D eigenvalue weighted by Crippen LogP contribution is -2.17. The SMILES string of the molecule is NCCCCNCc1ccc2c(c1)OCCO2. The summed E-state index contributed by atoms with van der Waals surface area (Å²) in [5.74, 6) is 1.71. The lowest BCUT2D eigenvalue weighted by Gasteiger charge is -2.19. The van der Waals surface area contributed by atoms with Crippen LogP contribution in [0.2, 0.25) is 0 Å². The molecule has 94 valence electrons. The predicted molar refractivity (Wildman–Crippen MR) is 67.4 cm³/mol. The van der Waals surface area contributed by atoms with Gasteiger partial charge in [-0.15, -0.1) is 0 Å². The highest BCUT2D eigenvalue weighted by Gasteiger charge is 2.11. The largest absolute Gasteiger partial charge is 0.486 e. The Labute approximate surface area is 102 Å². The van der Waals surface area contributed by atoms with Gasteiger partial charge < -0.3 is 20.5 Å². The summed E-state index contributed by atoms with van der Waals surface area (Å²) in [6.07, 6.45) is 2.20. The second-order valence-electron chi connectivity index (χ2n) is 4.15. The van der Waals surface area contributed by atoms with Gasteiger partial charge in [0.05, 0.1) is 0 Å². The van der Waals surface area contributed by atoms with Crippen molar-refractivity contribution in [1.82, 2.24) is 5.32 Å². The summed E-state index contributed by atoms with van der Waals surface area (Å²) in [6, 6.07) is 6.10. The number of hydrogen-bond donors (Lipinski definition) is 2. The minimum Gasteiger partial charge on any atom is -0.486 e. The molecule has 0 fully saturated rings. The highest BCUT2D eigenvalue weighted by atomic mass is 16.6. The molecule has 0 aromatic heterocycles. The zero-order valence-electron chi connectivity index (χ0n) is 10.1. The van der Waals surface area contributed by atoms with Gasteiger partial charge in [-0.3, -0.25) is 0 Å². The van der Waals surface area contributed by atoms with E-state index in [0.29, 0.717) is 13.2 Å². The molecule has 0 unspecified atom stereocenters. The van der Waals surface area contributed by atoms with Crippen LogP contribution >= 0.6 is 0 Å². The van der Waals surface area contributed by atoms with Gasteiger partial charge in [0.1, 0.15) is 13.2 Å². The molecule has 1 aromatic carbocycles. The van der Waals surface area contributed by atoms with Gasteiger partial charge in [-0.05, 0) is 43.6 Å². The molecule has 2 rings (SSSR count). The van der Waals surface area contributed by atoms with Crippen LogP contribution in [0.1, 0.15) is 18.4 Å². The number of nitrogens with one attached hydrogen (secondary N) is 1. The Hall–Kier alpha value is -1.26. The molecule has 3 N–H and O–H groups in total. The Balaban J connectivity index is 1.81. The molecule has 1 heterocycles. The molecule has 0 aliphatic carbocycles. The van der Waals surface area contributed by atoms with Crippen molar-refractivity contribution in [1.29, 1.82) is 0 Å². The molecule has 0 atom stereocenters. The van der Waals surface area contributed by atoms with E-state index in [-0.39, 0.29) is 0 Å². The van der Waals surface area contributed by atoms with Gasteiger partial charge in [0.15, 0.2) is 11.5 Å². The topological polar surface area (TPSA) is 56.5 Å². The maximum Gasteiger partial charge on any atom is 0.161 e. The minimum absolute atomic E-state index is 0.639. The minimum atomic E-state index is 0.639. The lowest BCUT2D eigenvalue weighted by molar-refractivity contribution is 0.171. The van der Waals surface area contributed by atoms with Crippen LogP contribution in [-0.4, -0.2) is 26.3 Å². The van der Waals surface area contributed by atoms with Gasteiger partial charge in [-0.2, -0.15) is 0 Å². The van der Waals surface area contributed by atoms with Crippen molar-refractivity contribution >= 4 is 0 Å². The first-order valence-corrected chi connectivity index (χ1v) is 6.19. The molecule has 0 spiro atoms. The fourth-order valence-electron chi connectivity index (χ4n) is 1.82. The van der Waals surface area contributed by atoms with Gasteiger partial charge in [-0.1, -0.05) is 6.07 Å². The second kappa shape index (κ2) is 6.47. The van der Waals surface area contributed by atoms with Crippen molar-refractivity contribution in [3.05, 3.63) is 23.8 Å². The summed E-state index contributed by atoms with van der Waals surface area (Å²) in [5, 5.41) is 3.39. The Morgan fingerprint density at radius 1 is 1.12 bits per heavy atom. The Bertz CT molecular complexity index is 355. The van der Waals surface area contributed by atoms with Crippen molar-refractivity contribution in [2.24, 2.45) is 5.73 Å². The van der Waals surface area contributed by atoms with Crippen LogP contribution in [0.4, 0.5) is 0 Å². The molecule has 0 bridgehead atoms. The molecule has 1 aromatic rings. The summed E-state index contributed by atoms with van der Waals surface area (Å²) >= 11 is 0. The van der Waals surface area contributed by atoms with Crippen LogP contribution in [-0.2, 0) is 6.54 Å². The van der Waals surface area contributed by atoms with Gasteiger partial charge >= 0.3 is 0 Å². The van der Waals surface area contributed by atoms with Crippen molar-refractivity contribution in [2.45, 2.75) is 19.4 Å². The number of nitrogens with two attached hydrogens (primary N) is 1. The van der Waals surface area contributed by atoms with Gasteiger partial charge in [0, 0.05) is 6.54 Å². The number of rotatable bonds is 6. The normalized spacial score (nSPS) is 13.7. The Kier molecular flexibility index (Phi) is 4.64. The highest BCUT2D eigenvalue weighted by molar-refractivity contribution is 5.43. The van der Waals surface area contributed by atoms with E-state index in [2.05, 4.69) is 11.4 Å². The second-order valence-corrected chi connectivity index (χ2v) is 4.15. The van der Waals surface area contributed by atoms with Crippen LogP contribution in [0.25, 0.3) is 0 Å². The van der Waals surface area contributed by atoms with Crippen LogP contribution in [0.3, 0.4) is 0 Å². The fourth-order valence-corrected chi connectivity index (χ4v) is 1.82. The number of ether oxygens (including phenoxy) is 2. The summed E-state index contributed by atoms with van der Waals surface area (Å²) in [7, 11) is 0. The highest BCUT2D eigenvalue weighted by Crippen LogP contribution is 2.30. The molecule has 4 nitrogen and oxygen atoms in total. The zero-order valence-corrected chi connectivity index (χ0v) is 10.1. The van der Waals surface area contributed by atoms with E-state index >= 15 is 0 Å². The first-order valence-electron chi connectivity index (χ1n) is 6.19. The maximum atomic E-state index is 5.54. The third-order valence-electron chi connectivity index (χ3n) is 2.74. The quantitative estimate of drug-likeness (QED) is 0.731. The first-order chi connectivity index (χ1) is 8.40. The maximum absolute atomic E-state index is 5.54.